The molecule has 0 unspecified atom stereocenters. The summed E-state index contributed by atoms with van der Waals surface area (Å²) in [6, 6.07) is 8.16. The number of imidazole rings is 1. The highest BCUT2D eigenvalue weighted by atomic mass is 16.3. The zero-order valence-corrected chi connectivity index (χ0v) is 15.2. The van der Waals surface area contributed by atoms with Crippen LogP contribution in [0.3, 0.4) is 0 Å². The number of nitrogens with one attached hydrogen (secondary N) is 1. The molecule has 7 heteroatoms. The zero-order chi connectivity index (χ0) is 18.2. The van der Waals surface area contributed by atoms with E-state index in [1.54, 1.807) is 12.5 Å². The van der Waals surface area contributed by atoms with Crippen molar-refractivity contribution in [3.05, 3.63) is 36.7 Å². The van der Waals surface area contributed by atoms with Crippen molar-refractivity contribution in [2.75, 3.05) is 13.1 Å². The van der Waals surface area contributed by atoms with Crippen molar-refractivity contribution >= 4 is 17.2 Å². The Labute approximate surface area is 157 Å². The second-order valence-electron chi connectivity index (χ2n) is 7.45. The first kappa shape index (κ1) is 16.4. The lowest BCUT2D eigenvalue weighted by Crippen LogP contribution is -2.43. The van der Waals surface area contributed by atoms with Gasteiger partial charge in [0.25, 0.3) is 0 Å². The third kappa shape index (κ3) is 2.97. The number of urea groups is 1. The molecule has 0 spiro atoms. The van der Waals surface area contributed by atoms with E-state index < -0.39 is 0 Å². The molecule has 1 saturated heterocycles. The van der Waals surface area contributed by atoms with E-state index in [-0.39, 0.29) is 12.1 Å². The number of fused-ring (bicyclic) bond motifs is 1. The van der Waals surface area contributed by atoms with Crippen molar-refractivity contribution in [3.8, 4) is 11.6 Å². The van der Waals surface area contributed by atoms with Gasteiger partial charge in [-0.25, -0.2) is 14.8 Å². The van der Waals surface area contributed by atoms with Crippen molar-refractivity contribution in [2.24, 2.45) is 0 Å². The number of amides is 2. The molecule has 3 aromatic heterocycles. The average Bonchev–Trinajstić information content (AvgIpc) is 3.46. The summed E-state index contributed by atoms with van der Waals surface area (Å²) in [5.41, 5.74) is 1.68. The zero-order valence-electron chi connectivity index (χ0n) is 15.2. The summed E-state index contributed by atoms with van der Waals surface area (Å²) in [5, 5.41) is 3.19. The van der Waals surface area contributed by atoms with Crippen LogP contribution in [0.15, 0.2) is 41.1 Å². The molecule has 2 fully saturated rings. The van der Waals surface area contributed by atoms with Gasteiger partial charge in [0.05, 0.1) is 12.3 Å². The number of nitrogens with zero attached hydrogens (tertiary/aromatic N) is 4. The molecule has 1 aliphatic carbocycles. The van der Waals surface area contributed by atoms with E-state index in [4.69, 9.17) is 9.40 Å². The maximum absolute atomic E-state index is 12.6. The molecule has 7 nitrogen and oxygen atoms in total. The molecule has 0 bridgehead atoms. The van der Waals surface area contributed by atoms with Crippen LogP contribution in [0.1, 0.15) is 38.1 Å². The van der Waals surface area contributed by atoms with Gasteiger partial charge in [0, 0.05) is 25.3 Å². The van der Waals surface area contributed by atoms with Gasteiger partial charge < -0.3 is 19.2 Å². The number of likely N-dealkylation sites (tertiary alicyclic amines) is 1. The smallest absolute Gasteiger partial charge is 0.317 e. The fraction of sp³-hybridized carbons (Fsp3) is 0.450. The van der Waals surface area contributed by atoms with E-state index in [0.717, 1.165) is 48.6 Å². The topological polar surface area (TPSA) is 76.2 Å². The Balaban J connectivity index is 1.42. The van der Waals surface area contributed by atoms with Gasteiger partial charge in [0.15, 0.2) is 17.2 Å². The lowest BCUT2D eigenvalue weighted by atomic mass is 10.2. The molecule has 2 aliphatic rings. The summed E-state index contributed by atoms with van der Waals surface area (Å²) in [5.74, 6) is 1.50. The number of rotatable bonds is 3. The van der Waals surface area contributed by atoms with Crippen molar-refractivity contribution < 1.29 is 9.21 Å². The molecule has 1 atom stereocenters. The molecule has 0 radical (unpaired) electrons. The quantitative estimate of drug-likeness (QED) is 0.769. The van der Waals surface area contributed by atoms with E-state index in [2.05, 4.69) is 14.9 Å². The summed E-state index contributed by atoms with van der Waals surface area (Å²) in [6.45, 7) is 1.40. The number of aromatic nitrogens is 3. The second kappa shape index (κ2) is 6.72. The normalized spacial score (nSPS) is 20.6. The molecule has 2 amide bonds. The van der Waals surface area contributed by atoms with E-state index in [0.29, 0.717) is 12.6 Å². The number of hydrogen-bond acceptors (Lipinski definition) is 4. The fourth-order valence-electron chi connectivity index (χ4n) is 4.33. The predicted octanol–water partition coefficient (Wildman–Crippen LogP) is 3.59. The monoisotopic (exact) mass is 365 g/mol. The van der Waals surface area contributed by atoms with Gasteiger partial charge in [-0.15, -0.1) is 0 Å². The predicted molar refractivity (Wildman–Crippen MR) is 101 cm³/mol. The molecule has 1 aliphatic heterocycles. The summed E-state index contributed by atoms with van der Waals surface area (Å²) in [4.78, 5) is 23.9. The van der Waals surface area contributed by atoms with Crippen molar-refractivity contribution in [2.45, 2.75) is 44.2 Å². The van der Waals surface area contributed by atoms with Crippen LogP contribution in [0.25, 0.3) is 22.7 Å². The van der Waals surface area contributed by atoms with Crippen molar-refractivity contribution in [1.82, 2.24) is 24.8 Å². The molecule has 27 heavy (non-hydrogen) atoms. The minimum Gasteiger partial charge on any atom is -0.461 e. The molecule has 4 heterocycles. The molecule has 140 valence electrons. The van der Waals surface area contributed by atoms with Crippen LogP contribution < -0.4 is 5.32 Å². The fourth-order valence-corrected chi connectivity index (χ4v) is 4.33. The van der Waals surface area contributed by atoms with E-state index in [9.17, 15) is 4.79 Å². The van der Waals surface area contributed by atoms with Crippen molar-refractivity contribution in [3.63, 3.8) is 0 Å². The van der Waals surface area contributed by atoms with Crippen LogP contribution in [-0.2, 0) is 0 Å². The van der Waals surface area contributed by atoms with Crippen LogP contribution in [0.4, 0.5) is 4.79 Å². The maximum atomic E-state index is 12.6. The first-order chi connectivity index (χ1) is 13.3. The Morgan fingerprint density at radius 1 is 1.19 bits per heavy atom. The number of pyridine rings is 1. The molecule has 1 saturated carbocycles. The minimum atomic E-state index is 0.0568. The Hall–Kier alpha value is -2.83. The Morgan fingerprint density at radius 2 is 2.07 bits per heavy atom. The molecule has 0 aromatic carbocycles. The van der Waals surface area contributed by atoms with Gasteiger partial charge in [-0.2, -0.15) is 0 Å². The minimum absolute atomic E-state index is 0.0568. The summed E-state index contributed by atoms with van der Waals surface area (Å²) < 4.78 is 7.74. The number of carbonyl (C=O) groups excluding carboxylic acids is 1. The van der Waals surface area contributed by atoms with Gasteiger partial charge in [0.2, 0.25) is 0 Å². The van der Waals surface area contributed by atoms with Crippen molar-refractivity contribution in [1.29, 1.82) is 0 Å². The van der Waals surface area contributed by atoms with Crippen LogP contribution in [0.5, 0.6) is 0 Å². The van der Waals surface area contributed by atoms with E-state index >= 15 is 0 Å². The first-order valence-corrected chi connectivity index (χ1v) is 9.72. The van der Waals surface area contributed by atoms with Crippen LogP contribution in [0, 0.1) is 0 Å². The lowest BCUT2D eigenvalue weighted by molar-refractivity contribution is 0.203. The third-order valence-corrected chi connectivity index (χ3v) is 5.69. The van der Waals surface area contributed by atoms with Crippen LogP contribution >= 0.6 is 0 Å². The standard InChI is InChI=1S/C20H23N5O2/c26-20(22-14-5-1-2-6-14)24-11-9-15(13-24)25-18-16(7-3-10-21-18)23-19(25)17-8-4-12-27-17/h3-4,7-8,10,12,14-15H,1-2,5-6,9,11,13H2,(H,22,26)/t15-/m0/s1. The van der Waals surface area contributed by atoms with Gasteiger partial charge >= 0.3 is 6.03 Å². The molecule has 1 N–H and O–H groups in total. The van der Waals surface area contributed by atoms with E-state index in [1.165, 1.54) is 12.8 Å². The van der Waals surface area contributed by atoms with Crippen LogP contribution in [0.2, 0.25) is 0 Å². The number of hydrogen-bond donors (Lipinski definition) is 1. The molecular weight excluding hydrogens is 342 g/mol. The third-order valence-electron chi connectivity index (χ3n) is 5.69. The van der Waals surface area contributed by atoms with Gasteiger partial charge in [0.1, 0.15) is 5.52 Å². The lowest BCUT2D eigenvalue weighted by Gasteiger charge is -2.21. The average molecular weight is 365 g/mol. The molecule has 5 rings (SSSR count). The highest BCUT2D eigenvalue weighted by Crippen LogP contribution is 2.32. The highest BCUT2D eigenvalue weighted by molar-refractivity contribution is 5.77. The Bertz CT molecular complexity index is 943. The Morgan fingerprint density at radius 3 is 2.89 bits per heavy atom. The highest BCUT2D eigenvalue weighted by Gasteiger charge is 2.32. The molecular formula is C20H23N5O2. The SMILES string of the molecule is O=C(NC1CCCC1)N1CC[C@H](n2c(-c3ccco3)nc3cccnc32)C1. The largest absolute Gasteiger partial charge is 0.461 e. The first-order valence-electron chi connectivity index (χ1n) is 9.72. The van der Waals surface area contributed by atoms with E-state index in [1.807, 2.05) is 29.2 Å². The maximum Gasteiger partial charge on any atom is 0.317 e. The van der Waals surface area contributed by atoms with Gasteiger partial charge in [-0.1, -0.05) is 12.8 Å². The second-order valence-corrected chi connectivity index (χ2v) is 7.45. The molecule has 3 aromatic rings. The van der Waals surface area contributed by atoms with Gasteiger partial charge in [-0.05, 0) is 43.5 Å². The van der Waals surface area contributed by atoms with Gasteiger partial charge in [-0.3, -0.25) is 0 Å². The van der Waals surface area contributed by atoms with Crippen LogP contribution in [-0.4, -0.2) is 44.6 Å². The number of furan rings is 1. The summed E-state index contributed by atoms with van der Waals surface area (Å²) in [6.07, 6.45) is 8.95. The Kier molecular flexibility index (Phi) is 4.07. The summed E-state index contributed by atoms with van der Waals surface area (Å²) in [7, 11) is 0. The summed E-state index contributed by atoms with van der Waals surface area (Å²) >= 11 is 0. The number of carbonyl (C=O) groups is 1.